The van der Waals surface area contributed by atoms with Gasteiger partial charge < -0.3 is 4.74 Å². The van der Waals surface area contributed by atoms with Gasteiger partial charge >= 0.3 is 10.4 Å². The molecule has 0 aliphatic rings. The van der Waals surface area contributed by atoms with E-state index in [0.29, 0.717) is 0 Å². The van der Waals surface area contributed by atoms with Crippen LogP contribution in [0, 0.1) is 12.3 Å². The van der Waals surface area contributed by atoms with Crippen LogP contribution in [0.25, 0.3) is 0 Å². The molecule has 0 bridgehead atoms. The zero-order chi connectivity index (χ0) is 9.61. The van der Waals surface area contributed by atoms with Gasteiger partial charge in [-0.25, -0.2) is 4.18 Å². The van der Waals surface area contributed by atoms with Gasteiger partial charge in [-0.15, -0.1) is 6.42 Å². The molecule has 5 nitrogen and oxygen atoms in total. The van der Waals surface area contributed by atoms with E-state index in [-0.39, 0.29) is 13.2 Å². The first kappa shape index (κ1) is 11.4. The van der Waals surface area contributed by atoms with Crippen molar-refractivity contribution >= 4 is 10.4 Å². The van der Waals surface area contributed by atoms with E-state index in [0.717, 1.165) is 0 Å². The molecule has 0 amide bonds. The largest absolute Gasteiger partial charge is 0.397 e. The molecule has 0 rings (SSSR count). The average molecular weight is 194 g/mol. The van der Waals surface area contributed by atoms with Gasteiger partial charge in [-0.3, -0.25) is 4.55 Å². The maximum Gasteiger partial charge on any atom is 0.397 e. The van der Waals surface area contributed by atoms with Crippen molar-refractivity contribution in [1.82, 2.24) is 0 Å². The van der Waals surface area contributed by atoms with Crippen LogP contribution in [0.3, 0.4) is 0 Å². The van der Waals surface area contributed by atoms with Gasteiger partial charge in [0, 0.05) is 0 Å². The zero-order valence-corrected chi connectivity index (χ0v) is 7.37. The second-order valence-corrected chi connectivity index (χ2v) is 3.10. The molecule has 12 heavy (non-hydrogen) atoms. The lowest BCUT2D eigenvalue weighted by molar-refractivity contribution is 0.0724. The van der Waals surface area contributed by atoms with Crippen molar-refractivity contribution in [2.24, 2.45) is 0 Å². The van der Waals surface area contributed by atoms with Gasteiger partial charge in [0.2, 0.25) is 0 Å². The van der Waals surface area contributed by atoms with Gasteiger partial charge in [0.25, 0.3) is 0 Å². The molecule has 6 heteroatoms. The fourth-order valence-corrected chi connectivity index (χ4v) is 0.990. The van der Waals surface area contributed by atoms with Crippen LogP contribution in [0.5, 0.6) is 0 Å². The highest BCUT2D eigenvalue weighted by atomic mass is 32.3. The standard InChI is InChI=1S/C6H10O5S/c1-3-4-10-5-6(2)11-12(7,8)9/h1,6H,4-5H2,2H3,(H,7,8,9). The smallest absolute Gasteiger partial charge is 0.366 e. The van der Waals surface area contributed by atoms with E-state index >= 15 is 0 Å². The van der Waals surface area contributed by atoms with Crippen molar-refractivity contribution in [1.29, 1.82) is 0 Å². The van der Waals surface area contributed by atoms with Crippen molar-refractivity contribution in [3.8, 4) is 12.3 Å². The summed E-state index contributed by atoms with van der Waals surface area (Å²) in [7, 11) is -4.39. The number of terminal acetylenes is 1. The Labute approximate surface area is 71.6 Å². The molecule has 0 aromatic carbocycles. The third kappa shape index (κ3) is 7.50. The van der Waals surface area contributed by atoms with E-state index in [1.165, 1.54) is 6.92 Å². The number of hydrogen-bond acceptors (Lipinski definition) is 4. The van der Waals surface area contributed by atoms with Gasteiger partial charge in [-0.1, -0.05) is 5.92 Å². The SMILES string of the molecule is C#CCOCC(C)OS(=O)(=O)O. The van der Waals surface area contributed by atoms with Crippen molar-refractivity contribution < 1.29 is 21.9 Å². The third-order valence-electron chi connectivity index (χ3n) is 0.824. The van der Waals surface area contributed by atoms with Crippen LogP contribution in [0.4, 0.5) is 0 Å². The summed E-state index contributed by atoms with van der Waals surface area (Å²) in [5.74, 6) is 2.20. The van der Waals surface area contributed by atoms with Crippen LogP contribution in [-0.4, -0.2) is 32.3 Å². The topological polar surface area (TPSA) is 72.8 Å². The minimum atomic E-state index is -4.39. The first-order valence-electron chi connectivity index (χ1n) is 3.12. The van der Waals surface area contributed by atoms with Gasteiger partial charge in [-0.2, -0.15) is 8.42 Å². The molecule has 0 radical (unpaired) electrons. The molecule has 0 saturated carbocycles. The molecule has 0 saturated heterocycles. The van der Waals surface area contributed by atoms with Crippen molar-refractivity contribution in [2.75, 3.05) is 13.2 Å². The molecule has 0 fully saturated rings. The minimum absolute atomic E-state index is 0.0178. The quantitative estimate of drug-likeness (QED) is 0.374. The van der Waals surface area contributed by atoms with Gasteiger partial charge in [0.1, 0.15) is 6.61 Å². The lowest BCUT2D eigenvalue weighted by Gasteiger charge is -2.08. The maximum absolute atomic E-state index is 10.1. The van der Waals surface area contributed by atoms with E-state index in [1.54, 1.807) is 0 Å². The fourth-order valence-electron chi connectivity index (χ4n) is 0.519. The molecule has 1 N–H and O–H groups in total. The normalized spacial score (nSPS) is 13.8. The summed E-state index contributed by atoms with van der Waals surface area (Å²) in [6, 6.07) is 0. The monoisotopic (exact) mass is 194 g/mol. The zero-order valence-electron chi connectivity index (χ0n) is 6.56. The maximum atomic E-state index is 10.1. The molecule has 70 valence electrons. The molecule has 0 spiro atoms. The molecule has 1 atom stereocenters. The summed E-state index contributed by atoms with van der Waals surface area (Å²) < 4.78 is 37.3. The van der Waals surface area contributed by atoms with Gasteiger partial charge in [0.05, 0.1) is 12.7 Å². The molecular formula is C6H10O5S. The number of hydrogen-bond donors (Lipinski definition) is 1. The summed E-state index contributed by atoms with van der Waals surface area (Å²) in [4.78, 5) is 0. The Hall–Kier alpha value is -0.610. The number of rotatable bonds is 5. The fraction of sp³-hybridized carbons (Fsp3) is 0.667. The second-order valence-electron chi connectivity index (χ2n) is 2.05. The summed E-state index contributed by atoms with van der Waals surface area (Å²) >= 11 is 0. The predicted molar refractivity (Wildman–Crippen MR) is 41.7 cm³/mol. The first-order chi connectivity index (χ1) is 5.45. The summed E-state index contributed by atoms with van der Waals surface area (Å²) in [6.45, 7) is 1.54. The van der Waals surface area contributed by atoms with Crippen molar-refractivity contribution in [3.05, 3.63) is 0 Å². The summed E-state index contributed by atoms with van der Waals surface area (Å²) in [5, 5.41) is 0. The van der Waals surface area contributed by atoms with E-state index in [2.05, 4.69) is 10.1 Å². The van der Waals surface area contributed by atoms with Crippen LogP contribution in [0.1, 0.15) is 6.92 Å². The van der Waals surface area contributed by atoms with Crippen molar-refractivity contribution in [3.63, 3.8) is 0 Å². The summed E-state index contributed by atoms with van der Waals surface area (Å²) in [6.07, 6.45) is 4.12. The predicted octanol–water partition coefficient (Wildman–Crippen LogP) is -0.156. The van der Waals surface area contributed by atoms with Gasteiger partial charge in [0.15, 0.2) is 0 Å². The Morgan fingerprint density at radius 1 is 1.67 bits per heavy atom. The highest BCUT2D eigenvalue weighted by Crippen LogP contribution is 1.96. The van der Waals surface area contributed by atoms with E-state index in [9.17, 15) is 8.42 Å². The Bertz CT molecular complexity index is 250. The first-order valence-corrected chi connectivity index (χ1v) is 4.49. The lowest BCUT2D eigenvalue weighted by atomic mass is 10.4. The Morgan fingerprint density at radius 2 is 2.25 bits per heavy atom. The van der Waals surface area contributed by atoms with Crippen LogP contribution in [0.2, 0.25) is 0 Å². The molecule has 0 aromatic heterocycles. The second kappa shape index (κ2) is 5.11. The molecule has 0 aliphatic carbocycles. The van der Waals surface area contributed by atoms with E-state index in [1.807, 2.05) is 0 Å². The van der Waals surface area contributed by atoms with E-state index < -0.39 is 16.5 Å². The van der Waals surface area contributed by atoms with Crippen molar-refractivity contribution in [2.45, 2.75) is 13.0 Å². The average Bonchev–Trinajstić information content (AvgIpc) is 1.84. The van der Waals surface area contributed by atoms with Crippen LogP contribution < -0.4 is 0 Å². The highest BCUT2D eigenvalue weighted by Gasteiger charge is 2.11. The Morgan fingerprint density at radius 3 is 2.67 bits per heavy atom. The van der Waals surface area contributed by atoms with Crippen LogP contribution in [-0.2, 0) is 19.3 Å². The Balaban J connectivity index is 3.62. The van der Waals surface area contributed by atoms with Gasteiger partial charge in [-0.05, 0) is 6.92 Å². The summed E-state index contributed by atoms with van der Waals surface area (Å²) in [5.41, 5.74) is 0. The lowest BCUT2D eigenvalue weighted by Crippen LogP contribution is -2.20. The molecule has 0 aromatic rings. The Kier molecular flexibility index (Phi) is 4.85. The minimum Gasteiger partial charge on any atom is -0.366 e. The molecular weight excluding hydrogens is 184 g/mol. The molecule has 1 unspecified atom stereocenters. The number of ether oxygens (including phenoxy) is 1. The van der Waals surface area contributed by atoms with E-state index in [4.69, 9.17) is 15.7 Å². The third-order valence-corrected chi connectivity index (χ3v) is 1.40. The molecule has 0 aliphatic heterocycles. The van der Waals surface area contributed by atoms with Crippen LogP contribution in [0.15, 0.2) is 0 Å². The highest BCUT2D eigenvalue weighted by molar-refractivity contribution is 7.80. The van der Waals surface area contributed by atoms with Crippen LogP contribution >= 0.6 is 0 Å². The molecule has 0 heterocycles.